The van der Waals surface area contributed by atoms with Crippen LogP contribution >= 0.6 is 11.6 Å². The Morgan fingerprint density at radius 3 is 2.64 bits per heavy atom. The van der Waals surface area contributed by atoms with Crippen LogP contribution in [0.25, 0.3) is 0 Å². The Kier molecular flexibility index (Phi) is 5.53. The largest absolute Gasteiger partial charge is 0.352 e. The highest BCUT2D eigenvalue weighted by Gasteiger charge is 2.18. The van der Waals surface area contributed by atoms with Crippen LogP contribution in [0, 0.1) is 0 Å². The number of nitrogens with one attached hydrogen (secondary N) is 1. The molecule has 1 N–H and O–H groups in total. The Hall–Kier alpha value is -2.92. The summed E-state index contributed by atoms with van der Waals surface area (Å²) in [5.41, 5.74) is 4.24. The molecule has 0 spiro atoms. The number of carbonyl (C=O) groups is 1. The fourth-order valence-corrected chi connectivity index (χ4v) is 3.60. The minimum absolute atomic E-state index is 0.169. The van der Waals surface area contributed by atoms with Gasteiger partial charge in [0, 0.05) is 37.1 Å². The van der Waals surface area contributed by atoms with Crippen molar-refractivity contribution in [3.8, 4) is 0 Å². The van der Waals surface area contributed by atoms with Crippen molar-refractivity contribution in [2.45, 2.75) is 19.4 Å². The molecule has 0 atom stereocenters. The first-order valence-electron chi connectivity index (χ1n) is 9.35. The average Bonchev–Trinajstić information content (AvgIpc) is 2.73. The van der Waals surface area contributed by atoms with Crippen LogP contribution in [0.2, 0.25) is 5.02 Å². The summed E-state index contributed by atoms with van der Waals surface area (Å²) in [6, 6.07) is 16.1. The topological polar surface area (TPSA) is 58.1 Å². The van der Waals surface area contributed by atoms with Crippen molar-refractivity contribution in [2.75, 3.05) is 18.0 Å². The molecular formula is C22H21ClN4O. The molecule has 0 radical (unpaired) electrons. The van der Waals surface area contributed by atoms with Gasteiger partial charge in [0.2, 0.25) is 5.95 Å². The molecule has 4 rings (SSSR count). The molecule has 0 unspecified atom stereocenters. The molecule has 1 amide bonds. The first kappa shape index (κ1) is 18.4. The van der Waals surface area contributed by atoms with Gasteiger partial charge in [0.25, 0.3) is 5.91 Å². The third-order valence-corrected chi connectivity index (χ3v) is 5.14. The average molecular weight is 393 g/mol. The van der Waals surface area contributed by atoms with Crippen LogP contribution in [0.1, 0.15) is 27.0 Å². The van der Waals surface area contributed by atoms with Gasteiger partial charge in [-0.2, -0.15) is 0 Å². The van der Waals surface area contributed by atoms with Gasteiger partial charge < -0.3 is 10.2 Å². The molecule has 0 saturated heterocycles. The number of anilines is 1. The zero-order chi connectivity index (χ0) is 19.3. The predicted octanol–water partition coefficient (Wildman–Crippen LogP) is 3.67. The summed E-state index contributed by atoms with van der Waals surface area (Å²) in [6.45, 7) is 2.20. The second-order valence-corrected chi connectivity index (χ2v) is 7.28. The monoisotopic (exact) mass is 392 g/mol. The van der Waals surface area contributed by atoms with Crippen LogP contribution in [-0.4, -0.2) is 29.0 Å². The summed E-state index contributed by atoms with van der Waals surface area (Å²) >= 11 is 5.98. The summed E-state index contributed by atoms with van der Waals surface area (Å²) in [6.07, 6.45) is 4.89. The minimum Gasteiger partial charge on any atom is -0.352 e. The van der Waals surface area contributed by atoms with E-state index in [1.54, 1.807) is 12.4 Å². The van der Waals surface area contributed by atoms with E-state index in [0.717, 1.165) is 31.5 Å². The number of hydrogen-bond donors (Lipinski definition) is 1. The Morgan fingerprint density at radius 2 is 1.86 bits per heavy atom. The van der Waals surface area contributed by atoms with Crippen molar-refractivity contribution in [1.29, 1.82) is 0 Å². The molecule has 5 nitrogen and oxygen atoms in total. The number of hydrogen-bond acceptors (Lipinski definition) is 4. The molecule has 2 aromatic carbocycles. The highest BCUT2D eigenvalue weighted by molar-refractivity contribution is 6.30. The first-order chi connectivity index (χ1) is 13.7. The van der Waals surface area contributed by atoms with Crippen LogP contribution in [-0.2, 0) is 19.4 Å². The normalized spacial score (nSPS) is 13.1. The Labute approximate surface area is 169 Å². The molecule has 0 aliphatic carbocycles. The van der Waals surface area contributed by atoms with Gasteiger partial charge in [-0.3, -0.25) is 4.79 Å². The number of rotatable bonds is 5. The molecule has 142 valence electrons. The van der Waals surface area contributed by atoms with Crippen LogP contribution in [0.3, 0.4) is 0 Å². The van der Waals surface area contributed by atoms with E-state index in [9.17, 15) is 4.79 Å². The summed E-state index contributed by atoms with van der Waals surface area (Å²) in [4.78, 5) is 23.3. The van der Waals surface area contributed by atoms with Gasteiger partial charge in [0.15, 0.2) is 0 Å². The Bertz CT molecular complexity index is 974. The van der Waals surface area contributed by atoms with Gasteiger partial charge in [-0.15, -0.1) is 0 Å². The molecule has 3 aromatic rings. The number of benzene rings is 2. The van der Waals surface area contributed by atoms with Gasteiger partial charge in [-0.25, -0.2) is 9.97 Å². The van der Waals surface area contributed by atoms with Gasteiger partial charge >= 0.3 is 0 Å². The van der Waals surface area contributed by atoms with Crippen LogP contribution in [0.15, 0.2) is 60.9 Å². The van der Waals surface area contributed by atoms with Crippen LogP contribution in [0.5, 0.6) is 0 Å². The standard InChI is InChI=1S/C22H21ClN4O/c23-20-7-3-4-16(12-20)8-10-24-21(28)19-13-25-22(26-14-19)27-11-9-17-5-1-2-6-18(17)15-27/h1-7,12-14H,8-11,15H2,(H,24,28). The fourth-order valence-electron chi connectivity index (χ4n) is 3.38. The SMILES string of the molecule is O=C(NCCc1cccc(Cl)c1)c1cnc(N2CCc3ccccc3C2)nc1. The lowest BCUT2D eigenvalue weighted by molar-refractivity contribution is 0.0953. The number of halogens is 1. The molecule has 1 aromatic heterocycles. The minimum atomic E-state index is -0.169. The smallest absolute Gasteiger partial charge is 0.254 e. The lowest BCUT2D eigenvalue weighted by Gasteiger charge is -2.28. The van der Waals surface area contributed by atoms with Gasteiger partial charge in [-0.1, -0.05) is 48.0 Å². The number of carbonyl (C=O) groups excluding carboxylic acids is 1. The van der Waals surface area contributed by atoms with E-state index in [4.69, 9.17) is 11.6 Å². The molecule has 0 bridgehead atoms. The number of amides is 1. The van der Waals surface area contributed by atoms with Crippen molar-refractivity contribution < 1.29 is 4.79 Å². The predicted molar refractivity (Wildman–Crippen MR) is 111 cm³/mol. The van der Waals surface area contributed by atoms with E-state index in [1.165, 1.54) is 11.1 Å². The maximum atomic E-state index is 12.3. The molecular weight excluding hydrogens is 372 g/mol. The van der Waals surface area contributed by atoms with Gasteiger partial charge in [0.05, 0.1) is 5.56 Å². The van der Waals surface area contributed by atoms with Crippen molar-refractivity contribution in [3.05, 3.63) is 88.2 Å². The maximum Gasteiger partial charge on any atom is 0.254 e. The summed E-state index contributed by atoms with van der Waals surface area (Å²) < 4.78 is 0. The summed E-state index contributed by atoms with van der Waals surface area (Å²) in [5.74, 6) is 0.488. The van der Waals surface area contributed by atoms with Crippen LogP contribution in [0.4, 0.5) is 5.95 Å². The van der Waals surface area contributed by atoms with Crippen molar-refractivity contribution in [3.63, 3.8) is 0 Å². The van der Waals surface area contributed by atoms with Crippen LogP contribution < -0.4 is 10.2 Å². The van der Waals surface area contributed by atoms with Crippen molar-refractivity contribution in [2.24, 2.45) is 0 Å². The fraction of sp³-hybridized carbons (Fsp3) is 0.227. The zero-order valence-corrected chi connectivity index (χ0v) is 16.2. The lowest BCUT2D eigenvalue weighted by Crippen LogP contribution is -2.32. The summed E-state index contributed by atoms with van der Waals surface area (Å²) in [5, 5.41) is 3.61. The molecule has 2 heterocycles. The van der Waals surface area contributed by atoms with Gasteiger partial charge in [-0.05, 0) is 41.7 Å². The van der Waals surface area contributed by atoms with Crippen molar-refractivity contribution >= 4 is 23.5 Å². The first-order valence-corrected chi connectivity index (χ1v) is 9.73. The van der Waals surface area contributed by atoms with Crippen molar-refractivity contribution in [1.82, 2.24) is 15.3 Å². The lowest BCUT2D eigenvalue weighted by atomic mass is 10.0. The second-order valence-electron chi connectivity index (χ2n) is 6.85. The Morgan fingerprint density at radius 1 is 1.07 bits per heavy atom. The molecule has 0 fully saturated rings. The summed E-state index contributed by atoms with van der Waals surface area (Å²) in [7, 11) is 0. The van der Waals surface area contributed by atoms with E-state index >= 15 is 0 Å². The highest BCUT2D eigenvalue weighted by atomic mass is 35.5. The molecule has 1 aliphatic heterocycles. The van der Waals surface area contributed by atoms with Gasteiger partial charge in [0.1, 0.15) is 0 Å². The van der Waals surface area contributed by atoms with E-state index in [-0.39, 0.29) is 5.91 Å². The third kappa shape index (κ3) is 4.31. The van der Waals surface area contributed by atoms with E-state index in [2.05, 4.69) is 44.5 Å². The number of nitrogens with zero attached hydrogens (tertiary/aromatic N) is 3. The van der Waals surface area contributed by atoms with E-state index in [1.807, 2.05) is 24.3 Å². The quantitative estimate of drug-likeness (QED) is 0.719. The van der Waals surface area contributed by atoms with E-state index < -0.39 is 0 Å². The van der Waals surface area contributed by atoms with E-state index in [0.29, 0.717) is 23.1 Å². The molecule has 0 saturated carbocycles. The molecule has 6 heteroatoms. The molecule has 1 aliphatic rings. The zero-order valence-electron chi connectivity index (χ0n) is 15.4. The third-order valence-electron chi connectivity index (χ3n) is 4.90. The number of aromatic nitrogens is 2. The maximum absolute atomic E-state index is 12.3. The number of fused-ring (bicyclic) bond motifs is 1. The Balaban J connectivity index is 1.33. The highest BCUT2D eigenvalue weighted by Crippen LogP contribution is 2.21. The second kappa shape index (κ2) is 8.40. The molecule has 28 heavy (non-hydrogen) atoms.